The first-order chi connectivity index (χ1) is 20.6. The largest absolute Gasteiger partial charge is 0.495 e. The van der Waals surface area contributed by atoms with Crippen LogP contribution in [0.4, 0.5) is 21.0 Å². The molecule has 0 saturated carbocycles. The van der Waals surface area contributed by atoms with Gasteiger partial charge in [0.05, 0.1) is 16.1 Å². The van der Waals surface area contributed by atoms with Crippen molar-refractivity contribution in [3.63, 3.8) is 0 Å². The van der Waals surface area contributed by atoms with Gasteiger partial charge >= 0.3 is 19.3 Å². The molecular weight excluding hydrogens is 577 g/mol. The number of carbonyl (C=O) groups excluding carboxylic acids is 2. The molecule has 0 atom stereocenters. The maximum atomic E-state index is 13.5. The monoisotopic (exact) mass is 625 g/mol. The number of carbonyl (C=O) groups is 2. The van der Waals surface area contributed by atoms with Crippen molar-refractivity contribution < 1.29 is 33.3 Å². The van der Waals surface area contributed by atoms with Gasteiger partial charge in [-0.05, 0) is 106 Å². The average molecular weight is 626 g/mol. The highest BCUT2D eigenvalue weighted by atomic mass is 16.7. The van der Waals surface area contributed by atoms with Gasteiger partial charge < -0.3 is 23.7 Å². The smallest absolute Gasteiger partial charge is 0.444 e. The highest BCUT2D eigenvalue weighted by Crippen LogP contribution is 2.37. The molecule has 1 saturated heterocycles. The van der Waals surface area contributed by atoms with Gasteiger partial charge in [0.25, 0.3) is 5.69 Å². The number of amides is 2. The van der Waals surface area contributed by atoms with Gasteiger partial charge in [0.15, 0.2) is 0 Å². The number of nitro groups is 1. The Labute approximate surface area is 267 Å². The minimum absolute atomic E-state index is 0.0649. The van der Waals surface area contributed by atoms with E-state index in [0.717, 1.165) is 11.0 Å². The molecule has 11 nitrogen and oxygen atoms in total. The third kappa shape index (κ3) is 9.67. The number of benzene rings is 2. The quantitative estimate of drug-likeness (QED) is 0.170. The molecule has 0 unspecified atom stereocenters. The number of anilines is 1. The third-order valence-electron chi connectivity index (χ3n) is 7.65. The van der Waals surface area contributed by atoms with Crippen molar-refractivity contribution in [1.29, 1.82) is 0 Å². The molecule has 0 aromatic heterocycles. The summed E-state index contributed by atoms with van der Waals surface area (Å²) in [5.41, 5.74) is 0.336. The predicted molar refractivity (Wildman–Crippen MR) is 175 cm³/mol. The minimum Gasteiger partial charge on any atom is -0.444 e. The first-order valence-electron chi connectivity index (χ1n) is 15.3. The van der Waals surface area contributed by atoms with Gasteiger partial charge in [-0.3, -0.25) is 15.0 Å². The van der Waals surface area contributed by atoms with Crippen molar-refractivity contribution in [2.24, 2.45) is 0 Å². The van der Waals surface area contributed by atoms with Gasteiger partial charge in [0.1, 0.15) is 11.2 Å². The lowest BCUT2D eigenvalue weighted by Crippen LogP contribution is -2.41. The van der Waals surface area contributed by atoms with Crippen LogP contribution in [0.1, 0.15) is 86.8 Å². The Hall–Kier alpha value is -3.64. The highest BCUT2D eigenvalue weighted by molar-refractivity contribution is 6.62. The molecule has 246 valence electrons. The first-order valence-corrected chi connectivity index (χ1v) is 15.3. The molecule has 0 N–H and O–H groups in total. The van der Waals surface area contributed by atoms with E-state index in [1.807, 2.05) is 52.8 Å². The van der Waals surface area contributed by atoms with E-state index in [1.54, 1.807) is 58.6 Å². The van der Waals surface area contributed by atoms with Gasteiger partial charge in [-0.1, -0.05) is 23.8 Å². The summed E-state index contributed by atoms with van der Waals surface area (Å²) in [5.74, 6) is 0. The van der Waals surface area contributed by atoms with Crippen LogP contribution < -0.4 is 10.4 Å². The molecule has 0 radical (unpaired) electrons. The van der Waals surface area contributed by atoms with E-state index in [-0.39, 0.29) is 25.3 Å². The zero-order chi connectivity index (χ0) is 34.0. The molecule has 45 heavy (non-hydrogen) atoms. The second kappa shape index (κ2) is 13.4. The fraction of sp³-hybridized carbons (Fsp3) is 0.576. The van der Waals surface area contributed by atoms with Crippen molar-refractivity contribution in [3.05, 3.63) is 63.7 Å². The molecule has 1 aliphatic rings. The van der Waals surface area contributed by atoms with Crippen LogP contribution in [0.25, 0.3) is 0 Å². The predicted octanol–water partition coefficient (Wildman–Crippen LogP) is 6.77. The summed E-state index contributed by atoms with van der Waals surface area (Å²) in [6.45, 7) is 21.2. The molecule has 1 fully saturated rings. The molecule has 2 amide bonds. The Morgan fingerprint density at radius 3 is 2.02 bits per heavy atom. The molecular formula is C33H48BN3O8. The van der Waals surface area contributed by atoms with E-state index < -0.39 is 46.6 Å². The standard InChI is InChI=1S/C33H48BN3O8/c1-23-16-17-25(21-27(23)34-44-32(8,9)33(10,11)45-34)36(29(39)43-31(5,6)7)19-13-18-35(28(38)42-30(2,3)4)22-24-14-12-15-26(20-24)37(40)41/h12,14-17,20-21H,13,18-19,22H2,1-11H3. The fourth-order valence-corrected chi connectivity index (χ4v) is 4.63. The lowest BCUT2D eigenvalue weighted by molar-refractivity contribution is -0.384. The van der Waals surface area contributed by atoms with Crippen molar-refractivity contribution in [3.8, 4) is 0 Å². The lowest BCUT2D eigenvalue weighted by atomic mass is 9.76. The van der Waals surface area contributed by atoms with E-state index in [2.05, 4.69) is 0 Å². The average Bonchev–Trinajstić information content (AvgIpc) is 3.10. The molecule has 3 rings (SSSR count). The van der Waals surface area contributed by atoms with Crippen LogP contribution in [-0.2, 0) is 25.3 Å². The summed E-state index contributed by atoms with van der Waals surface area (Å²) in [5, 5.41) is 11.3. The SMILES string of the molecule is Cc1ccc(N(CCCN(Cc2cccc([N+](=O)[O-])c2)C(=O)OC(C)(C)C)C(=O)OC(C)(C)C)cc1B1OC(C)(C)C(C)(C)O1. The molecule has 2 aromatic carbocycles. The molecule has 1 aliphatic heterocycles. The Bertz CT molecular complexity index is 1380. The number of non-ortho nitro benzene ring substituents is 1. The minimum atomic E-state index is -0.744. The fourth-order valence-electron chi connectivity index (χ4n) is 4.63. The topological polar surface area (TPSA) is 121 Å². The van der Waals surface area contributed by atoms with Gasteiger partial charge in [-0.2, -0.15) is 0 Å². The Balaban J connectivity index is 1.89. The number of hydrogen-bond acceptors (Lipinski definition) is 8. The third-order valence-corrected chi connectivity index (χ3v) is 7.65. The normalized spacial score (nSPS) is 15.8. The summed E-state index contributed by atoms with van der Waals surface area (Å²) in [4.78, 5) is 40.7. The Morgan fingerprint density at radius 2 is 1.47 bits per heavy atom. The zero-order valence-electron chi connectivity index (χ0n) is 28.6. The zero-order valence-corrected chi connectivity index (χ0v) is 28.6. The highest BCUT2D eigenvalue weighted by Gasteiger charge is 2.52. The molecule has 0 aliphatic carbocycles. The number of hydrogen-bond donors (Lipinski definition) is 0. The van der Waals surface area contributed by atoms with Crippen LogP contribution in [0.15, 0.2) is 42.5 Å². The Morgan fingerprint density at radius 1 is 0.889 bits per heavy atom. The summed E-state index contributed by atoms with van der Waals surface area (Å²) < 4.78 is 24.0. The van der Waals surface area contributed by atoms with E-state index in [9.17, 15) is 19.7 Å². The second-order valence-electron chi connectivity index (χ2n) is 14.4. The summed E-state index contributed by atoms with van der Waals surface area (Å²) in [6.07, 6.45) is -0.724. The molecule has 2 aromatic rings. The molecule has 12 heteroatoms. The Kier molecular flexibility index (Phi) is 10.7. The van der Waals surface area contributed by atoms with Crippen molar-refractivity contribution >= 4 is 36.1 Å². The number of aryl methyl sites for hydroxylation is 1. The van der Waals surface area contributed by atoms with Crippen LogP contribution in [-0.4, -0.2) is 64.6 Å². The number of nitrogens with zero attached hydrogens (tertiary/aromatic N) is 3. The van der Waals surface area contributed by atoms with Crippen LogP contribution in [0.2, 0.25) is 0 Å². The van der Waals surface area contributed by atoms with Gasteiger partial charge in [0.2, 0.25) is 0 Å². The van der Waals surface area contributed by atoms with E-state index in [1.165, 1.54) is 17.0 Å². The maximum absolute atomic E-state index is 13.5. The van der Waals surface area contributed by atoms with Crippen molar-refractivity contribution in [2.45, 2.75) is 112 Å². The van der Waals surface area contributed by atoms with Crippen LogP contribution >= 0.6 is 0 Å². The molecule has 1 heterocycles. The van der Waals surface area contributed by atoms with Crippen molar-refractivity contribution in [1.82, 2.24) is 4.90 Å². The summed E-state index contributed by atoms with van der Waals surface area (Å²) in [7, 11) is -0.618. The lowest BCUT2D eigenvalue weighted by Gasteiger charge is -2.32. The van der Waals surface area contributed by atoms with Crippen molar-refractivity contribution in [2.75, 3.05) is 18.0 Å². The summed E-state index contributed by atoms with van der Waals surface area (Å²) in [6, 6.07) is 11.8. The van der Waals surface area contributed by atoms with Gasteiger partial charge in [0, 0.05) is 37.5 Å². The number of nitro benzene ring substituents is 1. The number of ether oxygens (including phenoxy) is 2. The van der Waals surface area contributed by atoms with Crippen LogP contribution in [0, 0.1) is 17.0 Å². The van der Waals surface area contributed by atoms with E-state index in [0.29, 0.717) is 17.7 Å². The summed E-state index contributed by atoms with van der Waals surface area (Å²) >= 11 is 0. The van der Waals surface area contributed by atoms with E-state index >= 15 is 0 Å². The van der Waals surface area contributed by atoms with E-state index in [4.69, 9.17) is 18.8 Å². The molecule has 0 spiro atoms. The first kappa shape index (κ1) is 35.8. The molecule has 0 bridgehead atoms. The van der Waals surface area contributed by atoms with Crippen LogP contribution in [0.3, 0.4) is 0 Å². The van der Waals surface area contributed by atoms with Gasteiger partial charge in [-0.15, -0.1) is 0 Å². The number of rotatable bonds is 9. The van der Waals surface area contributed by atoms with Gasteiger partial charge in [-0.25, -0.2) is 9.59 Å². The maximum Gasteiger partial charge on any atom is 0.495 e. The second-order valence-corrected chi connectivity index (χ2v) is 14.4. The van der Waals surface area contributed by atoms with Crippen LogP contribution in [0.5, 0.6) is 0 Å².